The number of rotatable bonds is 8. The fourth-order valence-corrected chi connectivity index (χ4v) is 0.613. The van der Waals surface area contributed by atoms with Gasteiger partial charge in [0.05, 0.1) is 13.2 Å². The standard InChI is InChI=1S/C9H16O7/c1-6(15-4-7(12)2-10)9(14)16-5-8(13)3-11/h7-8,10-13H,1-5H2. The Balaban J connectivity index is 3.78. The number of aliphatic hydroxyl groups is 4. The van der Waals surface area contributed by atoms with E-state index in [1.54, 1.807) is 0 Å². The Morgan fingerprint density at radius 3 is 1.94 bits per heavy atom. The molecule has 94 valence electrons. The van der Waals surface area contributed by atoms with Crippen molar-refractivity contribution < 1.29 is 34.7 Å². The van der Waals surface area contributed by atoms with E-state index in [0.29, 0.717) is 0 Å². The molecular formula is C9H16O7. The first-order valence-electron chi connectivity index (χ1n) is 4.58. The third-order valence-electron chi connectivity index (χ3n) is 1.51. The normalized spacial score (nSPS) is 14.0. The molecule has 16 heavy (non-hydrogen) atoms. The Labute approximate surface area is 92.5 Å². The molecule has 2 unspecified atom stereocenters. The van der Waals surface area contributed by atoms with E-state index in [1.165, 1.54) is 0 Å². The molecule has 0 aromatic heterocycles. The van der Waals surface area contributed by atoms with E-state index in [1.807, 2.05) is 0 Å². The maximum absolute atomic E-state index is 11.1. The minimum Gasteiger partial charge on any atom is -0.484 e. The van der Waals surface area contributed by atoms with Crippen LogP contribution >= 0.6 is 0 Å². The topological polar surface area (TPSA) is 116 Å². The number of esters is 1. The zero-order valence-corrected chi connectivity index (χ0v) is 8.70. The van der Waals surface area contributed by atoms with Crippen molar-refractivity contribution in [2.75, 3.05) is 26.4 Å². The summed E-state index contributed by atoms with van der Waals surface area (Å²) in [7, 11) is 0. The van der Waals surface area contributed by atoms with Crippen molar-refractivity contribution in [3.8, 4) is 0 Å². The van der Waals surface area contributed by atoms with Crippen molar-refractivity contribution in [2.45, 2.75) is 12.2 Å². The number of carbonyl (C=O) groups is 1. The van der Waals surface area contributed by atoms with Gasteiger partial charge >= 0.3 is 5.97 Å². The van der Waals surface area contributed by atoms with E-state index in [2.05, 4.69) is 11.3 Å². The van der Waals surface area contributed by atoms with Crippen LogP contribution in [-0.2, 0) is 14.3 Å². The van der Waals surface area contributed by atoms with Gasteiger partial charge in [-0.25, -0.2) is 4.79 Å². The van der Waals surface area contributed by atoms with Crippen LogP contribution in [0.3, 0.4) is 0 Å². The number of ether oxygens (including phenoxy) is 2. The Bertz CT molecular complexity index is 204. The van der Waals surface area contributed by atoms with Crippen LogP contribution in [0, 0.1) is 0 Å². The first-order valence-corrected chi connectivity index (χ1v) is 4.58. The van der Waals surface area contributed by atoms with Crippen molar-refractivity contribution in [1.82, 2.24) is 0 Å². The SMILES string of the molecule is C=C(OCC(O)CO)C(=O)OCC(O)CO. The average Bonchev–Trinajstić information content (AvgIpc) is 2.31. The molecule has 4 N–H and O–H groups in total. The van der Waals surface area contributed by atoms with Gasteiger partial charge in [0.2, 0.25) is 0 Å². The van der Waals surface area contributed by atoms with Gasteiger partial charge in [0.1, 0.15) is 25.4 Å². The van der Waals surface area contributed by atoms with Crippen molar-refractivity contribution in [2.24, 2.45) is 0 Å². The van der Waals surface area contributed by atoms with E-state index in [9.17, 15) is 4.79 Å². The Hall–Kier alpha value is -1.15. The van der Waals surface area contributed by atoms with Crippen LogP contribution in [0.5, 0.6) is 0 Å². The second-order valence-electron chi connectivity index (χ2n) is 3.01. The lowest BCUT2D eigenvalue weighted by Gasteiger charge is -2.12. The lowest BCUT2D eigenvalue weighted by Crippen LogP contribution is -2.25. The first kappa shape index (κ1) is 14.8. The molecule has 0 aliphatic carbocycles. The van der Waals surface area contributed by atoms with Gasteiger partial charge in [0.15, 0.2) is 5.76 Å². The van der Waals surface area contributed by atoms with Crippen LogP contribution in [0.2, 0.25) is 0 Å². The summed E-state index contributed by atoms with van der Waals surface area (Å²) in [5.74, 6) is -1.25. The molecule has 0 bridgehead atoms. The largest absolute Gasteiger partial charge is 0.484 e. The maximum atomic E-state index is 11.1. The third kappa shape index (κ3) is 6.36. The molecule has 2 atom stereocenters. The summed E-state index contributed by atoms with van der Waals surface area (Å²) >= 11 is 0. The third-order valence-corrected chi connectivity index (χ3v) is 1.51. The van der Waals surface area contributed by atoms with E-state index in [-0.39, 0.29) is 19.0 Å². The highest BCUT2D eigenvalue weighted by molar-refractivity contribution is 5.85. The molecule has 0 heterocycles. The van der Waals surface area contributed by atoms with Gasteiger partial charge in [0.25, 0.3) is 0 Å². The quantitative estimate of drug-likeness (QED) is 0.214. The summed E-state index contributed by atoms with van der Waals surface area (Å²) < 4.78 is 9.20. The zero-order valence-electron chi connectivity index (χ0n) is 8.70. The molecule has 0 rings (SSSR count). The molecule has 0 radical (unpaired) electrons. The van der Waals surface area contributed by atoms with Gasteiger partial charge in [-0.2, -0.15) is 0 Å². The van der Waals surface area contributed by atoms with Gasteiger partial charge in [-0.3, -0.25) is 0 Å². The summed E-state index contributed by atoms with van der Waals surface area (Å²) in [6.45, 7) is 1.55. The van der Waals surface area contributed by atoms with Crippen LogP contribution in [-0.4, -0.2) is 65.0 Å². The highest BCUT2D eigenvalue weighted by Gasteiger charge is 2.14. The summed E-state index contributed by atoms with van der Waals surface area (Å²) in [6, 6.07) is 0. The van der Waals surface area contributed by atoms with Gasteiger partial charge in [0, 0.05) is 0 Å². The van der Waals surface area contributed by atoms with Crippen molar-refractivity contribution >= 4 is 5.97 Å². The van der Waals surface area contributed by atoms with Gasteiger partial charge < -0.3 is 29.9 Å². The molecular weight excluding hydrogens is 220 g/mol. The molecule has 0 fully saturated rings. The minimum atomic E-state index is -1.15. The summed E-state index contributed by atoms with van der Waals surface area (Å²) in [5.41, 5.74) is 0. The van der Waals surface area contributed by atoms with E-state index in [4.69, 9.17) is 25.2 Å². The molecule has 0 spiro atoms. The van der Waals surface area contributed by atoms with Crippen molar-refractivity contribution in [1.29, 1.82) is 0 Å². The maximum Gasteiger partial charge on any atom is 0.373 e. The molecule has 0 aromatic carbocycles. The van der Waals surface area contributed by atoms with Crippen molar-refractivity contribution in [3.05, 3.63) is 12.3 Å². The smallest absolute Gasteiger partial charge is 0.373 e. The Kier molecular flexibility index (Phi) is 7.48. The van der Waals surface area contributed by atoms with Crippen LogP contribution in [0.4, 0.5) is 0 Å². The molecule has 7 heteroatoms. The highest BCUT2D eigenvalue weighted by atomic mass is 16.6. The predicted octanol–water partition coefficient (Wildman–Crippen LogP) is -2.23. The summed E-state index contributed by atoms with van der Waals surface area (Å²) in [5, 5.41) is 34.7. The highest BCUT2D eigenvalue weighted by Crippen LogP contribution is 1.99. The first-order chi connectivity index (χ1) is 7.51. The molecule has 0 saturated carbocycles. The molecule has 0 aromatic rings. The Morgan fingerprint density at radius 1 is 1.06 bits per heavy atom. The molecule has 0 saturated heterocycles. The van der Waals surface area contributed by atoms with Crippen LogP contribution in [0.15, 0.2) is 12.3 Å². The Morgan fingerprint density at radius 2 is 1.50 bits per heavy atom. The average molecular weight is 236 g/mol. The number of carbonyl (C=O) groups excluding carboxylic acids is 1. The summed E-state index contributed by atoms with van der Waals surface area (Å²) in [4.78, 5) is 11.1. The second kappa shape index (κ2) is 8.05. The number of aliphatic hydroxyl groups excluding tert-OH is 4. The van der Waals surface area contributed by atoms with E-state index >= 15 is 0 Å². The zero-order chi connectivity index (χ0) is 12.6. The monoisotopic (exact) mass is 236 g/mol. The molecule has 0 aliphatic rings. The van der Waals surface area contributed by atoms with Gasteiger partial charge in [-0.1, -0.05) is 0 Å². The second-order valence-corrected chi connectivity index (χ2v) is 3.01. The lowest BCUT2D eigenvalue weighted by molar-refractivity contribution is -0.147. The van der Waals surface area contributed by atoms with Crippen LogP contribution in [0.1, 0.15) is 0 Å². The molecule has 0 aliphatic heterocycles. The molecule has 0 amide bonds. The van der Waals surface area contributed by atoms with Crippen LogP contribution < -0.4 is 0 Å². The van der Waals surface area contributed by atoms with Crippen LogP contribution in [0.25, 0.3) is 0 Å². The fourth-order valence-electron chi connectivity index (χ4n) is 0.613. The lowest BCUT2D eigenvalue weighted by atomic mass is 10.4. The van der Waals surface area contributed by atoms with E-state index < -0.39 is 31.4 Å². The predicted molar refractivity (Wildman–Crippen MR) is 52.2 cm³/mol. The van der Waals surface area contributed by atoms with E-state index in [0.717, 1.165) is 0 Å². The summed E-state index contributed by atoms with van der Waals surface area (Å²) in [6.07, 6.45) is -2.26. The molecule has 7 nitrogen and oxygen atoms in total. The van der Waals surface area contributed by atoms with Gasteiger partial charge in [-0.05, 0) is 6.58 Å². The number of hydrogen-bond acceptors (Lipinski definition) is 7. The van der Waals surface area contributed by atoms with Crippen molar-refractivity contribution in [3.63, 3.8) is 0 Å². The fraction of sp³-hybridized carbons (Fsp3) is 0.667. The van der Waals surface area contributed by atoms with Gasteiger partial charge in [-0.15, -0.1) is 0 Å². The minimum absolute atomic E-state index is 0.285. The number of hydrogen-bond donors (Lipinski definition) is 4.